The van der Waals surface area contributed by atoms with E-state index in [4.69, 9.17) is 4.74 Å². The molecule has 4 aromatic rings. The van der Waals surface area contributed by atoms with Crippen LogP contribution >= 0.6 is 15.9 Å². The molecule has 3 aromatic carbocycles. The maximum Gasteiger partial charge on any atom is 0.259 e. The Hall–Kier alpha value is -2.96. The Kier molecular flexibility index (Phi) is 5.47. The van der Waals surface area contributed by atoms with Crippen molar-refractivity contribution in [2.75, 3.05) is 6.61 Å². The minimum absolute atomic E-state index is 0.137. The quantitative estimate of drug-likeness (QED) is 0.458. The van der Waals surface area contributed by atoms with Crippen LogP contribution in [-0.2, 0) is 0 Å². The van der Waals surface area contributed by atoms with Crippen molar-refractivity contribution in [1.29, 1.82) is 0 Å². The van der Waals surface area contributed by atoms with E-state index in [2.05, 4.69) is 25.9 Å². The Morgan fingerprint density at radius 2 is 1.86 bits per heavy atom. The Bertz CT molecular complexity index is 1220. The normalized spacial score (nSPS) is 12.1. The first-order valence-corrected chi connectivity index (χ1v) is 9.97. The van der Waals surface area contributed by atoms with E-state index in [0.29, 0.717) is 22.5 Å². The fourth-order valence-corrected chi connectivity index (χ4v) is 3.46. The van der Waals surface area contributed by atoms with Gasteiger partial charge in [0.1, 0.15) is 17.7 Å². The Balaban J connectivity index is 1.64. The number of benzene rings is 3. The lowest BCUT2D eigenvalue weighted by atomic mass is 10.1. The van der Waals surface area contributed by atoms with Crippen LogP contribution in [0.15, 0.2) is 76.0 Å². The van der Waals surface area contributed by atoms with E-state index < -0.39 is 6.10 Å². The van der Waals surface area contributed by atoms with Crippen molar-refractivity contribution in [3.8, 4) is 17.1 Å². The number of fused-ring (bicyclic) bond motifs is 1. The van der Waals surface area contributed by atoms with E-state index >= 15 is 0 Å². The van der Waals surface area contributed by atoms with Gasteiger partial charge >= 0.3 is 0 Å². The molecule has 1 aromatic heterocycles. The first-order valence-electron chi connectivity index (χ1n) is 9.18. The van der Waals surface area contributed by atoms with Crippen LogP contribution in [0.25, 0.3) is 22.3 Å². The minimum Gasteiger partial charge on any atom is -0.483 e. The van der Waals surface area contributed by atoms with Gasteiger partial charge in [-0.25, -0.2) is 4.98 Å². The zero-order chi connectivity index (χ0) is 20.4. The van der Waals surface area contributed by atoms with E-state index in [1.165, 1.54) is 0 Å². The number of aliphatic hydroxyl groups is 1. The highest BCUT2D eigenvalue weighted by Gasteiger charge is 2.15. The fraction of sp³-hybridized carbons (Fsp3) is 0.130. The number of H-pyrrole nitrogens is 1. The minimum atomic E-state index is -0.466. The summed E-state index contributed by atoms with van der Waals surface area (Å²) in [6, 6.07) is 20.5. The number of aromatic amines is 1. The first-order chi connectivity index (χ1) is 14.0. The van der Waals surface area contributed by atoms with Gasteiger partial charge in [-0.05, 0) is 60.5 Å². The van der Waals surface area contributed by atoms with Gasteiger partial charge in [0.25, 0.3) is 5.56 Å². The highest BCUT2D eigenvalue weighted by atomic mass is 79.9. The van der Waals surface area contributed by atoms with Crippen molar-refractivity contribution >= 4 is 26.8 Å². The van der Waals surface area contributed by atoms with Gasteiger partial charge in [0.15, 0.2) is 0 Å². The molecule has 2 N–H and O–H groups in total. The number of rotatable bonds is 5. The van der Waals surface area contributed by atoms with E-state index in [1.54, 1.807) is 6.07 Å². The molecule has 0 fully saturated rings. The van der Waals surface area contributed by atoms with Gasteiger partial charge in [-0.1, -0.05) is 40.2 Å². The van der Waals surface area contributed by atoms with Crippen molar-refractivity contribution in [2.24, 2.45) is 0 Å². The number of ether oxygens (including phenoxy) is 1. The predicted octanol–water partition coefficient (Wildman–Crippen LogP) is 4.77. The predicted molar refractivity (Wildman–Crippen MR) is 117 cm³/mol. The summed E-state index contributed by atoms with van der Waals surface area (Å²) in [6.45, 7) is 1.79. The summed E-state index contributed by atoms with van der Waals surface area (Å²) >= 11 is 3.41. The standard InChI is InChI=1S/C23H19BrN2O3/c1-14-12-16(22-25-19-5-3-2-4-18(19)23(28)26-22)8-11-20(14)29-21(13-27)15-6-9-17(24)10-7-15/h2-12,21,27H,13H2,1H3,(H,25,26,28). The third-order valence-corrected chi connectivity index (χ3v) is 5.27. The van der Waals surface area contributed by atoms with E-state index in [9.17, 15) is 9.90 Å². The molecule has 0 bridgehead atoms. The van der Waals surface area contributed by atoms with Gasteiger partial charge in [-0.2, -0.15) is 0 Å². The summed E-state index contributed by atoms with van der Waals surface area (Å²) in [5.41, 5.74) is 3.05. The second-order valence-corrected chi connectivity index (χ2v) is 7.67. The largest absolute Gasteiger partial charge is 0.483 e. The average Bonchev–Trinajstić information content (AvgIpc) is 2.73. The van der Waals surface area contributed by atoms with E-state index in [1.807, 2.05) is 67.6 Å². The van der Waals surface area contributed by atoms with Crippen LogP contribution in [0.5, 0.6) is 5.75 Å². The summed E-state index contributed by atoms with van der Waals surface area (Å²) < 4.78 is 7.02. The molecule has 0 saturated heterocycles. The van der Waals surface area contributed by atoms with Crippen LogP contribution in [-0.4, -0.2) is 21.7 Å². The molecule has 29 heavy (non-hydrogen) atoms. The molecule has 0 radical (unpaired) electrons. The third kappa shape index (κ3) is 4.09. The molecule has 0 spiro atoms. The molecule has 5 nitrogen and oxygen atoms in total. The molecule has 0 amide bonds. The molecule has 0 aliphatic carbocycles. The van der Waals surface area contributed by atoms with Crippen molar-refractivity contribution in [3.05, 3.63) is 92.7 Å². The molecule has 0 saturated carbocycles. The average molecular weight is 451 g/mol. The molecule has 1 heterocycles. The van der Waals surface area contributed by atoms with Gasteiger partial charge < -0.3 is 14.8 Å². The lowest BCUT2D eigenvalue weighted by molar-refractivity contribution is 0.116. The SMILES string of the molecule is Cc1cc(-c2nc3ccccc3c(=O)[nH]2)ccc1OC(CO)c1ccc(Br)cc1. The molecule has 1 atom stereocenters. The Morgan fingerprint density at radius 1 is 1.10 bits per heavy atom. The number of aryl methyl sites for hydroxylation is 1. The maximum absolute atomic E-state index is 12.3. The molecular formula is C23H19BrN2O3. The number of aliphatic hydroxyl groups excluding tert-OH is 1. The van der Waals surface area contributed by atoms with Crippen LogP contribution in [0.3, 0.4) is 0 Å². The van der Waals surface area contributed by atoms with E-state index in [0.717, 1.165) is 21.2 Å². The van der Waals surface area contributed by atoms with Gasteiger partial charge in [0, 0.05) is 10.0 Å². The second kappa shape index (κ2) is 8.19. The monoisotopic (exact) mass is 450 g/mol. The second-order valence-electron chi connectivity index (χ2n) is 6.75. The number of hydrogen-bond acceptors (Lipinski definition) is 4. The van der Waals surface area contributed by atoms with Crippen molar-refractivity contribution in [1.82, 2.24) is 9.97 Å². The molecule has 1 unspecified atom stereocenters. The number of hydrogen-bond donors (Lipinski definition) is 2. The molecule has 6 heteroatoms. The van der Waals surface area contributed by atoms with Crippen molar-refractivity contribution in [3.63, 3.8) is 0 Å². The molecule has 4 rings (SSSR count). The van der Waals surface area contributed by atoms with Gasteiger partial charge in [-0.3, -0.25) is 4.79 Å². The zero-order valence-electron chi connectivity index (χ0n) is 15.7. The van der Waals surface area contributed by atoms with Crippen molar-refractivity contribution < 1.29 is 9.84 Å². The molecule has 0 aliphatic heterocycles. The Labute approximate surface area is 176 Å². The molecule has 146 valence electrons. The highest BCUT2D eigenvalue weighted by molar-refractivity contribution is 9.10. The van der Waals surface area contributed by atoms with Crippen molar-refractivity contribution in [2.45, 2.75) is 13.0 Å². The number of nitrogens with one attached hydrogen (secondary N) is 1. The number of aromatic nitrogens is 2. The van der Waals surface area contributed by atoms with Gasteiger partial charge in [0.2, 0.25) is 0 Å². The number of nitrogens with zero attached hydrogens (tertiary/aromatic N) is 1. The maximum atomic E-state index is 12.3. The van der Waals surface area contributed by atoms with Gasteiger partial charge in [0.05, 0.1) is 17.5 Å². The molecular weight excluding hydrogens is 432 g/mol. The first kappa shape index (κ1) is 19.4. The molecule has 0 aliphatic rings. The van der Waals surface area contributed by atoms with Crippen LogP contribution in [0, 0.1) is 6.92 Å². The number of para-hydroxylation sites is 1. The lowest BCUT2D eigenvalue weighted by Gasteiger charge is -2.19. The summed E-state index contributed by atoms with van der Waals surface area (Å²) in [5, 5.41) is 10.3. The van der Waals surface area contributed by atoms with Crippen LogP contribution < -0.4 is 10.3 Å². The third-order valence-electron chi connectivity index (χ3n) is 4.74. The summed E-state index contributed by atoms with van der Waals surface area (Å²) in [7, 11) is 0. The lowest BCUT2D eigenvalue weighted by Crippen LogP contribution is -2.13. The van der Waals surface area contributed by atoms with Gasteiger partial charge in [-0.15, -0.1) is 0 Å². The van der Waals surface area contributed by atoms with Crippen LogP contribution in [0.4, 0.5) is 0 Å². The van der Waals surface area contributed by atoms with Crippen LogP contribution in [0.2, 0.25) is 0 Å². The topological polar surface area (TPSA) is 75.2 Å². The summed E-state index contributed by atoms with van der Waals surface area (Å²) in [6.07, 6.45) is -0.466. The fourth-order valence-electron chi connectivity index (χ4n) is 3.19. The van der Waals surface area contributed by atoms with E-state index in [-0.39, 0.29) is 12.2 Å². The summed E-state index contributed by atoms with van der Waals surface area (Å²) in [4.78, 5) is 19.8. The highest BCUT2D eigenvalue weighted by Crippen LogP contribution is 2.29. The smallest absolute Gasteiger partial charge is 0.259 e. The number of halogens is 1. The van der Waals surface area contributed by atoms with Crippen LogP contribution in [0.1, 0.15) is 17.2 Å². The Morgan fingerprint density at radius 3 is 2.59 bits per heavy atom. The zero-order valence-corrected chi connectivity index (χ0v) is 17.3. The summed E-state index contributed by atoms with van der Waals surface area (Å²) in [5.74, 6) is 1.17.